The van der Waals surface area contributed by atoms with Gasteiger partial charge in [0.1, 0.15) is 17.9 Å². The largest absolute Gasteiger partial charge is 0.488 e. The van der Waals surface area contributed by atoms with Crippen LogP contribution in [0.1, 0.15) is 11.1 Å². The van der Waals surface area contributed by atoms with Gasteiger partial charge in [-0.2, -0.15) is 9.78 Å². The number of nitrogens with zero attached hydrogens (tertiary/aromatic N) is 4. The predicted octanol–water partition coefficient (Wildman–Crippen LogP) is 7.55. The number of ether oxygens (including phenoxy) is 1. The summed E-state index contributed by atoms with van der Waals surface area (Å²) < 4.78 is 14.9. The summed E-state index contributed by atoms with van der Waals surface area (Å²) in [7, 11) is 0. The van der Waals surface area contributed by atoms with Gasteiger partial charge in [0.25, 0.3) is 11.2 Å². The number of non-ortho nitro benzene ring substituents is 1. The van der Waals surface area contributed by atoms with Gasteiger partial charge in [-0.15, -0.1) is 0 Å². The van der Waals surface area contributed by atoms with E-state index in [9.17, 15) is 14.9 Å². The van der Waals surface area contributed by atoms with E-state index in [1.807, 2.05) is 42.5 Å². The molecule has 11 heteroatoms. The van der Waals surface area contributed by atoms with Crippen LogP contribution in [-0.4, -0.2) is 20.8 Å². The zero-order valence-corrected chi connectivity index (χ0v) is 24.8. The highest BCUT2D eigenvalue weighted by molar-refractivity contribution is 14.1. The number of nitro benzene ring substituents is 1. The van der Waals surface area contributed by atoms with Gasteiger partial charge in [0.05, 0.1) is 25.6 Å². The number of fused-ring (bicyclic) bond motifs is 2. The number of para-hydroxylation sites is 1. The second-order valence-corrected chi connectivity index (χ2v) is 11.1. The van der Waals surface area contributed by atoms with E-state index in [0.29, 0.717) is 33.6 Å². The first-order valence-electron chi connectivity index (χ1n) is 12.3. The lowest BCUT2D eigenvalue weighted by Crippen LogP contribution is -2.20. The van der Waals surface area contributed by atoms with Crippen molar-refractivity contribution in [1.82, 2.24) is 9.66 Å². The zero-order chi connectivity index (χ0) is 28.5. The molecule has 0 bridgehead atoms. The summed E-state index contributed by atoms with van der Waals surface area (Å²) in [5, 5.41) is 16.9. The minimum atomic E-state index is -0.434. The monoisotopic (exact) mass is 720 g/mol. The Morgan fingerprint density at radius 1 is 1.05 bits per heavy atom. The van der Waals surface area contributed by atoms with E-state index in [1.165, 1.54) is 16.8 Å². The second kappa shape index (κ2) is 11.3. The average molecular weight is 721 g/mol. The molecule has 0 aliphatic rings. The van der Waals surface area contributed by atoms with E-state index >= 15 is 0 Å². The molecule has 2 aromatic heterocycles. The Morgan fingerprint density at radius 2 is 1.90 bits per heavy atom. The van der Waals surface area contributed by atoms with Crippen molar-refractivity contribution < 1.29 is 14.1 Å². The number of benzene rings is 4. The Balaban J connectivity index is 1.32. The number of nitro groups is 1. The van der Waals surface area contributed by atoms with Gasteiger partial charge in [-0.25, -0.2) is 4.98 Å². The highest BCUT2D eigenvalue weighted by atomic mass is 127. The van der Waals surface area contributed by atoms with Crippen molar-refractivity contribution in [2.45, 2.75) is 6.61 Å². The highest BCUT2D eigenvalue weighted by Gasteiger charge is 2.17. The van der Waals surface area contributed by atoms with Crippen LogP contribution in [0.15, 0.2) is 110 Å². The van der Waals surface area contributed by atoms with Gasteiger partial charge in [-0.1, -0.05) is 40.2 Å². The van der Waals surface area contributed by atoms with Crippen molar-refractivity contribution in [2.75, 3.05) is 0 Å². The fourth-order valence-corrected chi connectivity index (χ4v) is 5.35. The molecule has 9 nitrogen and oxygen atoms in total. The van der Waals surface area contributed by atoms with Gasteiger partial charge in [-0.3, -0.25) is 14.9 Å². The number of hydrogen-bond acceptors (Lipinski definition) is 7. The summed E-state index contributed by atoms with van der Waals surface area (Å²) in [4.78, 5) is 28.8. The molecule has 41 heavy (non-hydrogen) atoms. The molecule has 0 atom stereocenters. The zero-order valence-electron chi connectivity index (χ0n) is 21.0. The quantitative estimate of drug-likeness (QED) is 0.0729. The van der Waals surface area contributed by atoms with Crippen molar-refractivity contribution >= 4 is 72.3 Å². The van der Waals surface area contributed by atoms with E-state index in [2.05, 4.69) is 43.6 Å². The van der Waals surface area contributed by atoms with Crippen molar-refractivity contribution in [1.29, 1.82) is 0 Å². The standard InChI is InChI=1S/C30H18BrIN4O5/c31-21-9-11-26-20(14-21)15-28(41-26)29-34-25-7-2-1-6-23(25)30(37)35(29)33-16-18-8-10-27(24(32)13-18)40-17-19-4-3-5-22(12-19)36(38)39/h1-16H,17H2. The Morgan fingerprint density at radius 3 is 2.73 bits per heavy atom. The van der Waals surface area contributed by atoms with Crippen LogP contribution in [0.5, 0.6) is 5.75 Å². The molecular formula is C30H18BrIN4O5. The maximum atomic E-state index is 13.5. The summed E-state index contributed by atoms with van der Waals surface area (Å²) in [5.74, 6) is 1.31. The smallest absolute Gasteiger partial charge is 0.282 e. The number of furan rings is 1. The third-order valence-electron chi connectivity index (χ3n) is 6.25. The van der Waals surface area contributed by atoms with Crippen molar-refractivity contribution in [3.8, 4) is 17.3 Å². The lowest BCUT2D eigenvalue weighted by Gasteiger charge is -2.09. The molecule has 0 radical (unpaired) electrons. The molecule has 0 unspecified atom stereocenters. The van der Waals surface area contributed by atoms with Crippen LogP contribution in [0.2, 0.25) is 0 Å². The van der Waals surface area contributed by atoms with Gasteiger partial charge in [-0.05, 0) is 88.3 Å². The van der Waals surface area contributed by atoms with Gasteiger partial charge >= 0.3 is 0 Å². The Bertz CT molecular complexity index is 2050. The normalized spacial score (nSPS) is 11.5. The van der Waals surface area contributed by atoms with Crippen molar-refractivity contribution in [3.63, 3.8) is 0 Å². The van der Waals surface area contributed by atoms with Gasteiger partial charge in [0.2, 0.25) is 5.82 Å². The molecule has 0 spiro atoms. The molecule has 0 fully saturated rings. The Labute approximate surface area is 254 Å². The minimum absolute atomic E-state index is 0.0145. The molecule has 6 aromatic rings. The topological polar surface area (TPSA) is 113 Å². The third-order valence-corrected chi connectivity index (χ3v) is 7.58. The number of rotatable bonds is 7. The maximum absolute atomic E-state index is 13.5. The van der Waals surface area contributed by atoms with Gasteiger partial charge in [0, 0.05) is 22.0 Å². The van der Waals surface area contributed by atoms with Crippen LogP contribution >= 0.6 is 38.5 Å². The lowest BCUT2D eigenvalue weighted by atomic mass is 10.2. The van der Waals surface area contributed by atoms with E-state index < -0.39 is 4.92 Å². The van der Waals surface area contributed by atoms with Gasteiger partial charge in [0.15, 0.2) is 5.76 Å². The van der Waals surface area contributed by atoms with Crippen LogP contribution in [0.3, 0.4) is 0 Å². The van der Waals surface area contributed by atoms with Crippen LogP contribution in [-0.2, 0) is 6.61 Å². The molecule has 0 N–H and O–H groups in total. The molecule has 4 aromatic carbocycles. The summed E-state index contributed by atoms with van der Waals surface area (Å²) >= 11 is 5.63. The van der Waals surface area contributed by atoms with Gasteiger partial charge < -0.3 is 9.15 Å². The predicted molar refractivity (Wildman–Crippen MR) is 168 cm³/mol. The maximum Gasteiger partial charge on any atom is 0.282 e. The van der Waals surface area contributed by atoms with E-state index in [1.54, 1.807) is 42.6 Å². The molecule has 6 rings (SSSR count). The number of halogens is 2. The van der Waals surface area contributed by atoms with E-state index in [4.69, 9.17) is 14.1 Å². The van der Waals surface area contributed by atoms with Crippen LogP contribution in [0.4, 0.5) is 5.69 Å². The number of hydrogen-bond donors (Lipinski definition) is 0. The Kier molecular flexibility index (Phi) is 7.37. The first kappa shape index (κ1) is 26.8. The molecule has 0 saturated carbocycles. The molecule has 0 amide bonds. The SMILES string of the molecule is O=c1c2ccccc2nc(-c2cc3cc(Br)ccc3o2)n1N=Cc1ccc(OCc2cccc([N+](=O)[O-])c2)c(I)c1. The van der Waals surface area contributed by atoms with E-state index in [-0.39, 0.29) is 23.7 Å². The second-order valence-electron chi connectivity index (χ2n) is 9.01. The van der Waals surface area contributed by atoms with E-state index in [0.717, 1.165) is 19.0 Å². The summed E-state index contributed by atoms with van der Waals surface area (Å²) in [5.41, 5.74) is 2.32. The first-order valence-corrected chi connectivity index (χ1v) is 14.1. The molecule has 0 aliphatic heterocycles. The molecule has 2 heterocycles. The third kappa shape index (κ3) is 5.63. The molecule has 0 aliphatic carbocycles. The Hall–Kier alpha value is -4.36. The summed E-state index contributed by atoms with van der Waals surface area (Å²) in [6, 6.07) is 26.4. The van der Waals surface area contributed by atoms with Crippen LogP contribution in [0, 0.1) is 13.7 Å². The first-order chi connectivity index (χ1) is 19.9. The molecule has 202 valence electrons. The van der Waals surface area contributed by atoms with Crippen LogP contribution in [0.25, 0.3) is 33.5 Å². The fraction of sp³-hybridized carbons (Fsp3) is 0.0333. The summed E-state index contributed by atoms with van der Waals surface area (Å²) in [6.45, 7) is 0.181. The minimum Gasteiger partial charge on any atom is -0.488 e. The van der Waals surface area contributed by atoms with Crippen LogP contribution < -0.4 is 10.3 Å². The van der Waals surface area contributed by atoms with Crippen molar-refractivity contribution in [3.05, 3.63) is 131 Å². The molecule has 0 saturated heterocycles. The fourth-order valence-electron chi connectivity index (χ4n) is 4.27. The highest BCUT2D eigenvalue weighted by Crippen LogP contribution is 2.29. The molecular weight excluding hydrogens is 703 g/mol. The summed E-state index contributed by atoms with van der Waals surface area (Å²) in [6.07, 6.45) is 1.58. The van der Waals surface area contributed by atoms with Crippen molar-refractivity contribution in [2.24, 2.45) is 5.10 Å². The number of aromatic nitrogens is 2. The average Bonchev–Trinajstić information content (AvgIpc) is 3.39. The lowest BCUT2D eigenvalue weighted by molar-refractivity contribution is -0.384.